The van der Waals surface area contributed by atoms with Gasteiger partial charge in [-0.2, -0.15) is 0 Å². The van der Waals surface area contributed by atoms with Crippen molar-refractivity contribution in [3.8, 4) is 0 Å². The first-order chi connectivity index (χ1) is 7.08. The van der Waals surface area contributed by atoms with E-state index in [0.717, 1.165) is 30.7 Å². The van der Waals surface area contributed by atoms with Crippen molar-refractivity contribution in [2.24, 2.45) is 0 Å². The number of quaternary nitrogens is 1. The zero-order valence-corrected chi connectivity index (χ0v) is 10.1. The summed E-state index contributed by atoms with van der Waals surface area (Å²) in [6.07, 6.45) is 1.01. The molecule has 0 N–H and O–H groups in total. The van der Waals surface area contributed by atoms with Gasteiger partial charge < -0.3 is 9.22 Å². The molecule has 0 saturated heterocycles. The van der Waals surface area contributed by atoms with Gasteiger partial charge in [-0.3, -0.25) is 0 Å². The monoisotopic (exact) mass is 208 g/mol. The molecule has 0 fully saturated rings. The van der Waals surface area contributed by atoms with Crippen molar-refractivity contribution in [2.75, 3.05) is 40.9 Å². The van der Waals surface area contributed by atoms with Gasteiger partial charge in [-0.05, 0) is 12.0 Å². The van der Waals surface area contributed by atoms with E-state index in [9.17, 15) is 0 Å². The number of hydrogen-bond acceptors (Lipinski definition) is 1. The molecule has 0 aliphatic heterocycles. The van der Waals surface area contributed by atoms with E-state index >= 15 is 0 Å². The Morgan fingerprint density at radius 1 is 1.00 bits per heavy atom. The lowest BCUT2D eigenvalue weighted by Gasteiger charge is -2.23. The average Bonchev–Trinajstić information content (AvgIpc) is 2.17. The highest BCUT2D eigenvalue weighted by Gasteiger charge is 2.05. The van der Waals surface area contributed by atoms with Crippen molar-refractivity contribution in [3.63, 3.8) is 0 Å². The number of nitrogens with zero attached hydrogens (tertiary/aromatic N) is 1. The van der Waals surface area contributed by atoms with Crippen molar-refractivity contribution in [3.05, 3.63) is 35.9 Å². The number of rotatable bonds is 6. The summed E-state index contributed by atoms with van der Waals surface area (Å²) in [5.41, 5.74) is 1.35. The minimum atomic E-state index is 0.823. The third-order valence-corrected chi connectivity index (χ3v) is 2.28. The Morgan fingerprint density at radius 2 is 1.67 bits per heavy atom. The van der Waals surface area contributed by atoms with Gasteiger partial charge in [0.1, 0.15) is 6.54 Å². The normalized spacial score (nSPS) is 11.7. The van der Waals surface area contributed by atoms with Crippen molar-refractivity contribution >= 4 is 0 Å². The fourth-order valence-corrected chi connectivity index (χ4v) is 1.28. The first kappa shape index (κ1) is 12.2. The second-order valence-electron chi connectivity index (χ2n) is 4.86. The maximum atomic E-state index is 5.60. The molecule has 2 nitrogen and oxygen atoms in total. The summed E-state index contributed by atoms with van der Waals surface area (Å²) in [5, 5.41) is 0. The molecule has 0 aromatic heterocycles. The van der Waals surface area contributed by atoms with Crippen LogP contribution in [0.15, 0.2) is 30.3 Å². The van der Waals surface area contributed by atoms with Crippen molar-refractivity contribution < 1.29 is 9.22 Å². The maximum absolute atomic E-state index is 5.60. The molecule has 1 aromatic carbocycles. The molecule has 0 aliphatic rings. The summed E-state index contributed by atoms with van der Waals surface area (Å²) in [5.74, 6) is 0. The summed E-state index contributed by atoms with van der Waals surface area (Å²) in [4.78, 5) is 0. The predicted molar refractivity (Wildman–Crippen MR) is 63.9 cm³/mol. The highest BCUT2D eigenvalue weighted by molar-refractivity contribution is 5.14. The van der Waals surface area contributed by atoms with Crippen LogP contribution in [-0.4, -0.2) is 45.4 Å². The largest absolute Gasteiger partial charge is 0.375 e. The topological polar surface area (TPSA) is 9.23 Å². The Bertz CT molecular complexity index is 264. The van der Waals surface area contributed by atoms with Crippen molar-refractivity contribution in [2.45, 2.75) is 6.42 Å². The van der Waals surface area contributed by atoms with Gasteiger partial charge >= 0.3 is 0 Å². The number of hydrogen-bond donors (Lipinski definition) is 0. The Balaban J connectivity index is 2.08. The molecule has 15 heavy (non-hydrogen) atoms. The molecule has 0 unspecified atom stereocenters. The smallest absolute Gasteiger partial charge is 0.102 e. The summed E-state index contributed by atoms with van der Waals surface area (Å²) in [6.45, 7) is 2.73. The van der Waals surface area contributed by atoms with E-state index in [2.05, 4.69) is 45.4 Å². The Morgan fingerprint density at radius 3 is 2.27 bits per heavy atom. The van der Waals surface area contributed by atoms with Crippen LogP contribution in [0, 0.1) is 0 Å². The molecule has 0 amide bonds. The molecule has 0 atom stereocenters. The first-order valence-electron chi connectivity index (χ1n) is 5.50. The highest BCUT2D eigenvalue weighted by Crippen LogP contribution is 1.99. The lowest BCUT2D eigenvalue weighted by molar-refractivity contribution is -0.870. The second-order valence-corrected chi connectivity index (χ2v) is 4.86. The van der Waals surface area contributed by atoms with Crippen LogP contribution in [0.5, 0.6) is 0 Å². The zero-order chi connectivity index (χ0) is 11.1. The first-order valence-corrected chi connectivity index (χ1v) is 5.50. The van der Waals surface area contributed by atoms with Crippen LogP contribution in [-0.2, 0) is 11.2 Å². The number of ether oxygens (including phenoxy) is 1. The van der Waals surface area contributed by atoms with E-state index < -0.39 is 0 Å². The van der Waals surface area contributed by atoms with Gasteiger partial charge in [-0.15, -0.1) is 0 Å². The summed E-state index contributed by atoms with van der Waals surface area (Å²) >= 11 is 0. The molecule has 84 valence electrons. The van der Waals surface area contributed by atoms with Crippen LogP contribution in [0.1, 0.15) is 5.56 Å². The summed E-state index contributed by atoms with van der Waals surface area (Å²) < 4.78 is 6.56. The lowest BCUT2D eigenvalue weighted by atomic mass is 10.2. The van der Waals surface area contributed by atoms with Gasteiger partial charge in [0, 0.05) is 0 Å². The SMILES string of the molecule is C[N+](C)(C)CCOCCc1ccccc1. The van der Waals surface area contributed by atoms with Crippen LogP contribution >= 0.6 is 0 Å². The number of benzene rings is 1. The Hall–Kier alpha value is -0.860. The molecule has 1 aromatic rings. The summed E-state index contributed by atoms with van der Waals surface area (Å²) in [6, 6.07) is 10.5. The van der Waals surface area contributed by atoms with Crippen molar-refractivity contribution in [1.29, 1.82) is 0 Å². The van der Waals surface area contributed by atoms with Gasteiger partial charge in [0.15, 0.2) is 0 Å². The minimum Gasteiger partial charge on any atom is -0.375 e. The molecule has 0 radical (unpaired) electrons. The van der Waals surface area contributed by atoms with E-state index in [0.29, 0.717) is 0 Å². The van der Waals surface area contributed by atoms with E-state index in [-0.39, 0.29) is 0 Å². The standard InChI is InChI=1S/C13H22NO/c1-14(2,3)10-12-15-11-9-13-7-5-4-6-8-13/h4-8H,9-12H2,1-3H3/q+1. The molecule has 0 aliphatic carbocycles. The molecule has 1 rings (SSSR count). The van der Waals surface area contributed by atoms with Gasteiger partial charge in [0.25, 0.3) is 0 Å². The van der Waals surface area contributed by atoms with Crippen LogP contribution in [0.25, 0.3) is 0 Å². The number of likely N-dealkylation sites (N-methyl/N-ethyl adjacent to an activating group) is 1. The van der Waals surface area contributed by atoms with Gasteiger partial charge in [-0.25, -0.2) is 0 Å². The van der Waals surface area contributed by atoms with Crippen molar-refractivity contribution in [1.82, 2.24) is 0 Å². The molecule has 0 spiro atoms. The van der Waals surface area contributed by atoms with Crippen LogP contribution in [0.4, 0.5) is 0 Å². The molecule has 0 bridgehead atoms. The molecular weight excluding hydrogens is 186 g/mol. The Labute approximate surface area is 93.1 Å². The maximum Gasteiger partial charge on any atom is 0.102 e. The third kappa shape index (κ3) is 6.26. The zero-order valence-electron chi connectivity index (χ0n) is 10.1. The van der Waals surface area contributed by atoms with E-state index in [4.69, 9.17) is 4.74 Å². The highest BCUT2D eigenvalue weighted by atomic mass is 16.5. The Kier molecular flexibility index (Phi) is 4.79. The lowest BCUT2D eigenvalue weighted by Crippen LogP contribution is -2.37. The van der Waals surface area contributed by atoms with E-state index in [1.54, 1.807) is 0 Å². The quantitative estimate of drug-likeness (QED) is 0.513. The molecular formula is C13H22NO+. The van der Waals surface area contributed by atoms with Gasteiger partial charge in [-0.1, -0.05) is 30.3 Å². The second kappa shape index (κ2) is 5.89. The molecule has 2 heteroatoms. The van der Waals surface area contributed by atoms with Crippen LogP contribution in [0.2, 0.25) is 0 Å². The minimum absolute atomic E-state index is 0.823. The van der Waals surface area contributed by atoms with Gasteiger partial charge in [0.2, 0.25) is 0 Å². The summed E-state index contributed by atoms with van der Waals surface area (Å²) in [7, 11) is 6.54. The van der Waals surface area contributed by atoms with Gasteiger partial charge in [0.05, 0.1) is 34.4 Å². The van der Waals surface area contributed by atoms with E-state index in [1.807, 2.05) is 6.07 Å². The van der Waals surface area contributed by atoms with Crippen LogP contribution in [0.3, 0.4) is 0 Å². The van der Waals surface area contributed by atoms with Crippen LogP contribution < -0.4 is 0 Å². The third-order valence-electron chi connectivity index (χ3n) is 2.28. The predicted octanol–water partition coefficient (Wildman–Crippen LogP) is 1.95. The molecule has 0 heterocycles. The fraction of sp³-hybridized carbons (Fsp3) is 0.538. The fourth-order valence-electron chi connectivity index (χ4n) is 1.28. The molecule has 0 saturated carbocycles. The average molecular weight is 208 g/mol. The van der Waals surface area contributed by atoms with E-state index in [1.165, 1.54) is 5.56 Å².